The molecule has 0 aliphatic rings. The van der Waals surface area contributed by atoms with Gasteiger partial charge in [-0.1, -0.05) is 41.4 Å². The summed E-state index contributed by atoms with van der Waals surface area (Å²) in [7, 11) is 0. The molecule has 0 bridgehead atoms. The minimum absolute atomic E-state index is 0.443. The maximum atomic E-state index is 6.04. The maximum Gasteiger partial charge on any atom is 0.139 e. The molecule has 0 N–H and O–H groups in total. The fourth-order valence-electron chi connectivity index (χ4n) is 1.24. The van der Waals surface area contributed by atoms with E-state index in [2.05, 4.69) is 42.4 Å². The average molecular weight is 324 g/mol. The van der Waals surface area contributed by atoms with E-state index in [-0.39, 0.29) is 0 Å². The molecule has 16 heavy (non-hydrogen) atoms. The van der Waals surface area contributed by atoms with Crippen molar-refractivity contribution in [1.82, 2.24) is 0 Å². The highest BCUT2D eigenvalue weighted by molar-refractivity contribution is 9.10. The van der Waals surface area contributed by atoms with Crippen molar-refractivity contribution in [2.75, 3.05) is 12.4 Å². The second-order valence-electron chi connectivity index (χ2n) is 4.07. The lowest BCUT2D eigenvalue weighted by atomic mass is 9.99. The molecule has 0 heterocycles. The molecule has 1 aromatic carbocycles. The minimum Gasteiger partial charge on any atom is -0.492 e. The highest BCUT2D eigenvalue weighted by atomic mass is 79.9. The van der Waals surface area contributed by atoms with E-state index in [9.17, 15) is 0 Å². The van der Waals surface area contributed by atoms with Crippen molar-refractivity contribution in [3.05, 3.63) is 27.7 Å². The van der Waals surface area contributed by atoms with Crippen LogP contribution >= 0.6 is 40.2 Å². The van der Waals surface area contributed by atoms with E-state index in [1.165, 1.54) is 0 Å². The van der Waals surface area contributed by atoms with Gasteiger partial charge in [-0.2, -0.15) is 12.6 Å². The molecule has 0 radical (unpaired) electrons. The smallest absolute Gasteiger partial charge is 0.139 e. The van der Waals surface area contributed by atoms with Crippen LogP contribution in [0.1, 0.15) is 13.8 Å². The molecule has 0 saturated heterocycles. The minimum atomic E-state index is 0.443. The molecule has 0 saturated carbocycles. The van der Waals surface area contributed by atoms with Crippen LogP contribution < -0.4 is 4.74 Å². The first kappa shape index (κ1) is 14.2. The molecule has 0 aliphatic carbocycles. The van der Waals surface area contributed by atoms with Crippen LogP contribution in [-0.4, -0.2) is 12.4 Å². The zero-order chi connectivity index (χ0) is 12.1. The first-order valence-electron chi connectivity index (χ1n) is 5.23. The number of halogens is 2. The van der Waals surface area contributed by atoms with Crippen molar-refractivity contribution in [1.29, 1.82) is 0 Å². The van der Waals surface area contributed by atoms with Gasteiger partial charge in [-0.15, -0.1) is 0 Å². The number of benzene rings is 1. The zero-order valence-corrected chi connectivity index (χ0v) is 12.6. The Bertz CT molecular complexity index is 344. The summed E-state index contributed by atoms with van der Waals surface area (Å²) in [6.45, 7) is 5.00. The summed E-state index contributed by atoms with van der Waals surface area (Å²) in [6.07, 6.45) is 0. The van der Waals surface area contributed by atoms with E-state index in [1.54, 1.807) is 0 Å². The van der Waals surface area contributed by atoms with E-state index < -0.39 is 0 Å². The van der Waals surface area contributed by atoms with Gasteiger partial charge in [-0.05, 0) is 29.9 Å². The number of hydrogen-bond donors (Lipinski definition) is 1. The van der Waals surface area contributed by atoms with Gasteiger partial charge >= 0.3 is 0 Å². The fraction of sp³-hybridized carbons (Fsp3) is 0.500. The standard InChI is InChI=1S/C12H16BrClOS/c1-8(2)9(7-16)6-15-12-5-10(13)3-4-11(12)14/h3-5,8-9,16H,6-7H2,1-2H3. The molecule has 0 spiro atoms. The van der Waals surface area contributed by atoms with E-state index in [0.29, 0.717) is 23.5 Å². The van der Waals surface area contributed by atoms with Crippen LogP contribution in [0.5, 0.6) is 5.75 Å². The third-order valence-corrected chi connectivity index (χ3v) is 3.80. The summed E-state index contributed by atoms with van der Waals surface area (Å²) in [6, 6.07) is 5.61. The molecule has 0 amide bonds. The van der Waals surface area contributed by atoms with Gasteiger partial charge in [0.25, 0.3) is 0 Å². The Hall–Kier alpha value is 0.140. The normalized spacial score (nSPS) is 12.9. The van der Waals surface area contributed by atoms with E-state index in [1.807, 2.05) is 18.2 Å². The molecule has 90 valence electrons. The summed E-state index contributed by atoms with van der Waals surface area (Å²) in [4.78, 5) is 0. The summed E-state index contributed by atoms with van der Waals surface area (Å²) in [5.74, 6) is 2.55. The van der Waals surface area contributed by atoms with Gasteiger partial charge in [-0.25, -0.2) is 0 Å². The second-order valence-corrected chi connectivity index (χ2v) is 5.76. The lowest BCUT2D eigenvalue weighted by Crippen LogP contribution is -2.19. The maximum absolute atomic E-state index is 6.04. The molecule has 0 aliphatic heterocycles. The highest BCUT2D eigenvalue weighted by Crippen LogP contribution is 2.28. The van der Waals surface area contributed by atoms with Crippen molar-refractivity contribution in [3.8, 4) is 5.75 Å². The molecule has 1 aromatic rings. The quantitative estimate of drug-likeness (QED) is 0.774. The second kappa shape index (κ2) is 6.77. The van der Waals surface area contributed by atoms with E-state index in [4.69, 9.17) is 16.3 Å². The van der Waals surface area contributed by atoms with Crippen LogP contribution in [0.4, 0.5) is 0 Å². The summed E-state index contributed by atoms with van der Waals surface area (Å²) in [5, 5.41) is 0.643. The van der Waals surface area contributed by atoms with Crippen molar-refractivity contribution < 1.29 is 4.74 Å². The number of ether oxygens (including phenoxy) is 1. The summed E-state index contributed by atoms with van der Waals surface area (Å²) >= 11 is 13.8. The Kier molecular flexibility index (Phi) is 6.01. The van der Waals surface area contributed by atoms with Gasteiger partial charge in [0, 0.05) is 10.4 Å². The Morgan fingerprint density at radius 1 is 1.44 bits per heavy atom. The fourth-order valence-corrected chi connectivity index (χ4v) is 2.28. The number of hydrogen-bond acceptors (Lipinski definition) is 2. The van der Waals surface area contributed by atoms with Crippen LogP contribution in [-0.2, 0) is 0 Å². The molecule has 1 atom stereocenters. The zero-order valence-electron chi connectivity index (χ0n) is 9.41. The van der Waals surface area contributed by atoms with Crippen LogP contribution in [0.2, 0.25) is 5.02 Å². The Labute approximate surface area is 116 Å². The summed E-state index contributed by atoms with van der Waals surface area (Å²) < 4.78 is 6.69. The average Bonchev–Trinajstić information content (AvgIpc) is 2.23. The van der Waals surface area contributed by atoms with Gasteiger partial charge in [0.2, 0.25) is 0 Å². The predicted molar refractivity (Wildman–Crippen MR) is 76.8 cm³/mol. The molecule has 1 rings (SSSR count). The molecular formula is C12H16BrClOS. The monoisotopic (exact) mass is 322 g/mol. The van der Waals surface area contributed by atoms with Crippen molar-refractivity contribution in [2.24, 2.45) is 11.8 Å². The molecule has 0 aromatic heterocycles. The lowest BCUT2D eigenvalue weighted by molar-refractivity contribution is 0.227. The Morgan fingerprint density at radius 3 is 2.69 bits per heavy atom. The predicted octanol–water partition coefficient (Wildman–Crippen LogP) is 4.68. The van der Waals surface area contributed by atoms with Crippen LogP contribution in [0.3, 0.4) is 0 Å². The first-order valence-corrected chi connectivity index (χ1v) is 7.03. The molecule has 1 nitrogen and oxygen atoms in total. The van der Waals surface area contributed by atoms with E-state index >= 15 is 0 Å². The van der Waals surface area contributed by atoms with Gasteiger partial charge in [0.05, 0.1) is 11.6 Å². The van der Waals surface area contributed by atoms with Crippen molar-refractivity contribution in [2.45, 2.75) is 13.8 Å². The highest BCUT2D eigenvalue weighted by Gasteiger charge is 2.13. The van der Waals surface area contributed by atoms with Crippen molar-refractivity contribution in [3.63, 3.8) is 0 Å². The number of thiol groups is 1. The topological polar surface area (TPSA) is 9.23 Å². The summed E-state index contributed by atoms with van der Waals surface area (Å²) in [5.41, 5.74) is 0. The number of rotatable bonds is 5. The molecular weight excluding hydrogens is 308 g/mol. The van der Waals surface area contributed by atoms with Gasteiger partial charge < -0.3 is 4.74 Å². The third-order valence-electron chi connectivity index (χ3n) is 2.52. The first-order chi connectivity index (χ1) is 7.54. The Balaban J connectivity index is 2.63. The van der Waals surface area contributed by atoms with Crippen molar-refractivity contribution >= 4 is 40.2 Å². The third kappa shape index (κ3) is 4.19. The SMILES string of the molecule is CC(C)C(CS)COc1cc(Br)ccc1Cl. The van der Waals surface area contributed by atoms with Gasteiger partial charge in [0.15, 0.2) is 0 Å². The van der Waals surface area contributed by atoms with Crippen LogP contribution in [0.15, 0.2) is 22.7 Å². The van der Waals surface area contributed by atoms with Crippen LogP contribution in [0.25, 0.3) is 0 Å². The molecule has 4 heteroatoms. The lowest BCUT2D eigenvalue weighted by Gasteiger charge is -2.19. The van der Waals surface area contributed by atoms with Gasteiger partial charge in [0.1, 0.15) is 5.75 Å². The Morgan fingerprint density at radius 2 is 2.12 bits per heavy atom. The van der Waals surface area contributed by atoms with Gasteiger partial charge in [-0.3, -0.25) is 0 Å². The van der Waals surface area contributed by atoms with Crippen LogP contribution in [0, 0.1) is 11.8 Å². The van der Waals surface area contributed by atoms with E-state index in [0.717, 1.165) is 16.0 Å². The molecule has 0 fully saturated rings. The largest absolute Gasteiger partial charge is 0.492 e. The molecule has 1 unspecified atom stereocenters.